The predicted octanol–water partition coefficient (Wildman–Crippen LogP) is 3.45. The van der Waals surface area contributed by atoms with Crippen molar-refractivity contribution in [2.45, 2.75) is 32.6 Å². The van der Waals surface area contributed by atoms with Crippen molar-refractivity contribution in [3.05, 3.63) is 29.8 Å². The average Bonchev–Trinajstić information content (AvgIpc) is 2.30. The van der Waals surface area contributed by atoms with Crippen LogP contribution in [0.4, 0.5) is 0 Å². The van der Waals surface area contributed by atoms with E-state index in [0.29, 0.717) is 0 Å². The lowest BCUT2D eigenvalue weighted by Gasteiger charge is -2.06. The summed E-state index contributed by atoms with van der Waals surface area (Å²) >= 11 is 0. The van der Waals surface area contributed by atoms with Gasteiger partial charge in [0.25, 0.3) is 0 Å². The van der Waals surface area contributed by atoms with Gasteiger partial charge in [-0.3, -0.25) is 0 Å². The molecule has 0 atom stereocenters. The highest BCUT2D eigenvalue weighted by Gasteiger charge is 1.95. The molecule has 0 saturated heterocycles. The number of hydrogen-bond acceptors (Lipinski definition) is 3. The van der Waals surface area contributed by atoms with Crippen molar-refractivity contribution in [3.8, 4) is 5.75 Å². The van der Waals surface area contributed by atoms with E-state index in [0.717, 1.165) is 24.3 Å². The molecule has 0 radical (unpaired) electrons. The van der Waals surface area contributed by atoms with Crippen molar-refractivity contribution >= 4 is 6.21 Å². The van der Waals surface area contributed by atoms with Gasteiger partial charge in [-0.1, -0.05) is 43.5 Å². The molecule has 0 amide bonds. The summed E-state index contributed by atoms with van der Waals surface area (Å²) in [4.78, 5) is 0. The van der Waals surface area contributed by atoms with Gasteiger partial charge < -0.3 is 9.94 Å². The van der Waals surface area contributed by atoms with Crippen molar-refractivity contribution in [1.29, 1.82) is 0 Å². The van der Waals surface area contributed by atoms with E-state index in [1.54, 1.807) is 0 Å². The average molecular weight is 221 g/mol. The number of unbranched alkanes of at least 4 members (excludes halogenated alkanes) is 3. The van der Waals surface area contributed by atoms with Crippen LogP contribution in [0.25, 0.3) is 0 Å². The number of nitrogens with zero attached hydrogens (tertiary/aromatic N) is 1. The minimum absolute atomic E-state index is 0.750. The second kappa shape index (κ2) is 7.74. The second-order valence-electron chi connectivity index (χ2n) is 3.73. The second-order valence-corrected chi connectivity index (χ2v) is 3.73. The highest BCUT2D eigenvalue weighted by molar-refractivity contribution is 5.79. The summed E-state index contributed by atoms with van der Waals surface area (Å²) in [5.41, 5.74) is 0.841. The number of hydrogen-bond donors (Lipinski definition) is 1. The topological polar surface area (TPSA) is 41.8 Å². The molecule has 1 N–H and O–H groups in total. The van der Waals surface area contributed by atoms with Crippen LogP contribution in [0.2, 0.25) is 0 Å². The maximum atomic E-state index is 8.41. The molecule has 0 spiro atoms. The molecule has 1 aromatic carbocycles. The summed E-state index contributed by atoms with van der Waals surface area (Å²) in [6.07, 6.45) is 6.20. The van der Waals surface area contributed by atoms with Crippen LogP contribution in [-0.2, 0) is 0 Å². The van der Waals surface area contributed by atoms with Crippen molar-refractivity contribution in [1.82, 2.24) is 0 Å². The Hall–Kier alpha value is -1.51. The largest absolute Gasteiger partial charge is 0.494 e. The van der Waals surface area contributed by atoms with Crippen molar-refractivity contribution in [3.63, 3.8) is 0 Å². The fourth-order valence-electron chi connectivity index (χ4n) is 1.47. The monoisotopic (exact) mass is 221 g/mol. The van der Waals surface area contributed by atoms with Gasteiger partial charge in [0.1, 0.15) is 5.75 Å². The molecule has 0 bridgehead atoms. The van der Waals surface area contributed by atoms with Crippen LogP contribution in [0.3, 0.4) is 0 Å². The van der Waals surface area contributed by atoms with E-state index < -0.39 is 0 Å². The molecule has 0 heterocycles. The Morgan fingerprint density at radius 2 is 2.19 bits per heavy atom. The summed E-state index contributed by atoms with van der Waals surface area (Å²) in [5, 5.41) is 11.4. The van der Waals surface area contributed by atoms with Gasteiger partial charge in [0.2, 0.25) is 0 Å². The summed E-state index contributed by atoms with van der Waals surface area (Å²) < 4.78 is 5.60. The Kier molecular flexibility index (Phi) is 6.07. The van der Waals surface area contributed by atoms with E-state index in [-0.39, 0.29) is 0 Å². The Morgan fingerprint density at radius 1 is 1.31 bits per heavy atom. The minimum Gasteiger partial charge on any atom is -0.494 e. The lowest BCUT2D eigenvalue weighted by atomic mass is 10.2. The molecule has 0 unspecified atom stereocenters. The Balaban J connectivity index is 2.33. The van der Waals surface area contributed by atoms with Gasteiger partial charge in [0.05, 0.1) is 12.8 Å². The molecule has 16 heavy (non-hydrogen) atoms. The third kappa shape index (κ3) is 4.82. The summed E-state index contributed by atoms with van der Waals surface area (Å²) in [7, 11) is 0. The van der Waals surface area contributed by atoms with Crippen molar-refractivity contribution in [2.75, 3.05) is 6.61 Å². The van der Waals surface area contributed by atoms with E-state index in [1.165, 1.54) is 25.5 Å². The fraction of sp³-hybridized carbons (Fsp3) is 0.462. The number of oxime groups is 1. The summed E-state index contributed by atoms with van der Waals surface area (Å²) in [5.74, 6) is 0.828. The quantitative estimate of drug-likeness (QED) is 0.331. The van der Waals surface area contributed by atoms with Crippen molar-refractivity contribution < 1.29 is 9.94 Å². The third-order valence-corrected chi connectivity index (χ3v) is 2.33. The Bertz CT molecular complexity index is 323. The first kappa shape index (κ1) is 12.6. The molecule has 0 saturated carbocycles. The lowest BCUT2D eigenvalue weighted by molar-refractivity contribution is 0.305. The number of benzene rings is 1. The highest BCUT2D eigenvalue weighted by Crippen LogP contribution is 2.12. The fourth-order valence-corrected chi connectivity index (χ4v) is 1.47. The molecule has 0 aliphatic heterocycles. The predicted molar refractivity (Wildman–Crippen MR) is 65.5 cm³/mol. The first-order valence-corrected chi connectivity index (χ1v) is 5.77. The molecular weight excluding hydrogens is 202 g/mol. The van der Waals surface area contributed by atoms with Crippen LogP contribution in [0, 0.1) is 0 Å². The number of ether oxygens (including phenoxy) is 1. The molecule has 3 nitrogen and oxygen atoms in total. The molecule has 88 valence electrons. The normalized spacial score (nSPS) is 10.8. The zero-order valence-electron chi connectivity index (χ0n) is 9.72. The van der Waals surface area contributed by atoms with Crippen LogP contribution in [0.15, 0.2) is 29.4 Å². The summed E-state index contributed by atoms with van der Waals surface area (Å²) in [6, 6.07) is 7.52. The van der Waals surface area contributed by atoms with Crippen molar-refractivity contribution in [2.24, 2.45) is 5.16 Å². The van der Waals surface area contributed by atoms with E-state index in [4.69, 9.17) is 9.94 Å². The van der Waals surface area contributed by atoms with E-state index in [1.807, 2.05) is 24.3 Å². The molecule has 0 aliphatic rings. The van der Waals surface area contributed by atoms with Gasteiger partial charge in [-0.05, 0) is 24.1 Å². The van der Waals surface area contributed by atoms with Gasteiger partial charge in [0.15, 0.2) is 0 Å². The molecule has 3 heteroatoms. The zero-order valence-corrected chi connectivity index (χ0v) is 9.72. The lowest BCUT2D eigenvalue weighted by Crippen LogP contribution is -1.97. The molecule has 0 aromatic heterocycles. The van der Waals surface area contributed by atoms with E-state index in [2.05, 4.69) is 12.1 Å². The van der Waals surface area contributed by atoms with Crippen LogP contribution in [0.5, 0.6) is 5.75 Å². The van der Waals surface area contributed by atoms with Crippen LogP contribution in [0.1, 0.15) is 38.2 Å². The first-order chi connectivity index (χ1) is 7.86. The SMILES string of the molecule is CCCCCCOc1cccc(C=NO)c1. The third-order valence-electron chi connectivity index (χ3n) is 2.33. The molecular formula is C13H19NO2. The van der Waals surface area contributed by atoms with Gasteiger partial charge in [-0.15, -0.1) is 0 Å². The van der Waals surface area contributed by atoms with Crippen LogP contribution in [-0.4, -0.2) is 18.0 Å². The molecule has 0 fully saturated rings. The minimum atomic E-state index is 0.750. The smallest absolute Gasteiger partial charge is 0.119 e. The van der Waals surface area contributed by atoms with Crippen LogP contribution >= 0.6 is 0 Å². The summed E-state index contributed by atoms with van der Waals surface area (Å²) in [6.45, 7) is 2.94. The molecule has 0 aliphatic carbocycles. The standard InChI is InChI=1S/C13H19NO2/c1-2-3-4-5-9-16-13-8-6-7-12(10-13)11-14-15/h6-8,10-11,15H,2-5,9H2,1H3. The van der Waals surface area contributed by atoms with Gasteiger partial charge >= 0.3 is 0 Å². The Labute approximate surface area is 96.7 Å². The van der Waals surface area contributed by atoms with Gasteiger partial charge in [-0.25, -0.2) is 0 Å². The maximum absolute atomic E-state index is 8.41. The van der Waals surface area contributed by atoms with Gasteiger partial charge in [-0.2, -0.15) is 0 Å². The highest BCUT2D eigenvalue weighted by atomic mass is 16.5. The zero-order chi connectivity index (χ0) is 11.6. The molecule has 1 aromatic rings. The van der Waals surface area contributed by atoms with E-state index >= 15 is 0 Å². The van der Waals surface area contributed by atoms with Crippen LogP contribution < -0.4 is 4.74 Å². The first-order valence-electron chi connectivity index (χ1n) is 5.77. The molecule has 1 rings (SSSR count). The Morgan fingerprint density at radius 3 is 2.94 bits per heavy atom. The number of rotatable bonds is 7. The van der Waals surface area contributed by atoms with Gasteiger partial charge in [0, 0.05) is 0 Å². The van der Waals surface area contributed by atoms with E-state index in [9.17, 15) is 0 Å². The maximum Gasteiger partial charge on any atom is 0.119 e.